The number of nitrogens with zero attached hydrogens (tertiary/aromatic N) is 1. The number of thiophene rings is 1. The molecule has 1 saturated heterocycles. The van der Waals surface area contributed by atoms with Crippen molar-refractivity contribution in [3.63, 3.8) is 0 Å². The molecule has 1 fully saturated rings. The minimum atomic E-state index is -1.18. The van der Waals surface area contributed by atoms with Gasteiger partial charge in [0.05, 0.1) is 17.7 Å². The largest absolute Gasteiger partial charge is 0.521 e. The summed E-state index contributed by atoms with van der Waals surface area (Å²) in [6.45, 7) is 4.88. The molecule has 0 aromatic carbocycles. The first-order chi connectivity index (χ1) is 11.7. The molecule has 136 valence electrons. The Labute approximate surface area is 154 Å². The molecule has 0 saturated carbocycles. The van der Waals surface area contributed by atoms with E-state index in [0.29, 0.717) is 18.4 Å². The molecule has 0 aliphatic carbocycles. The lowest BCUT2D eigenvalue weighted by atomic mass is 9.97. The van der Waals surface area contributed by atoms with E-state index in [1.165, 1.54) is 18.3 Å². The standard InChI is InChI=1S/C17H21NO5S2/c1-10-5-4-7-18(10,17(22)23)16(21)11(2)15(25-12(3)19)14(20)13-6-8-24-9-13/h6,8-11,15H,4-5,7H2,1-3H3/p+1/t10-,11?,15?,18?/m1/s1. The maximum atomic E-state index is 13.1. The smallest absolute Gasteiger partial charge is 0.435 e. The molecule has 6 nitrogen and oxygen atoms in total. The Bertz CT molecular complexity index is 687. The zero-order chi connectivity index (χ0) is 18.8. The van der Waals surface area contributed by atoms with Crippen LogP contribution in [0.25, 0.3) is 0 Å². The lowest BCUT2D eigenvalue weighted by Crippen LogP contribution is -2.61. The highest BCUT2D eigenvalue weighted by Crippen LogP contribution is 2.34. The van der Waals surface area contributed by atoms with Crippen molar-refractivity contribution in [2.45, 2.75) is 44.9 Å². The molecule has 0 spiro atoms. The van der Waals surface area contributed by atoms with Crippen LogP contribution in [0.2, 0.25) is 0 Å². The molecule has 2 rings (SSSR count). The minimum Gasteiger partial charge on any atom is -0.435 e. The van der Waals surface area contributed by atoms with Crippen LogP contribution >= 0.6 is 23.1 Å². The van der Waals surface area contributed by atoms with Crippen LogP contribution in [0.3, 0.4) is 0 Å². The Balaban J connectivity index is 2.36. The van der Waals surface area contributed by atoms with E-state index in [0.717, 1.165) is 11.8 Å². The predicted molar refractivity (Wildman–Crippen MR) is 96.7 cm³/mol. The molecule has 0 radical (unpaired) electrons. The average molecular weight is 384 g/mol. The molecule has 3 unspecified atom stereocenters. The summed E-state index contributed by atoms with van der Waals surface area (Å²) in [7, 11) is 0. The maximum absolute atomic E-state index is 13.1. The van der Waals surface area contributed by atoms with Crippen LogP contribution in [0.5, 0.6) is 0 Å². The van der Waals surface area contributed by atoms with E-state index < -0.39 is 27.7 Å². The molecule has 0 bridgehead atoms. The summed E-state index contributed by atoms with van der Waals surface area (Å²) >= 11 is 2.16. The van der Waals surface area contributed by atoms with Gasteiger partial charge in [-0.05, 0) is 25.3 Å². The number of hydrogen-bond acceptors (Lipinski definition) is 6. The van der Waals surface area contributed by atoms with Gasteiger partial charge in [-0.3, -0.25) is 9.59 Å². The minimum absolute atomic E-state index is 0.226. The van der Waals surface area contributed by atoms with Gasteiger partial charge in [-0.1, -0.05) is 11.8 Å². The van der Waals surface area contributed by atoms with Crippen molar-refractivity contribution >= 4 is 46.0 Å². The summed E-state index contributed by atoms with van der Waals surface area (Å²) in [4.78, 5) is 49.5. The number of hydrogen-bond donors (Lipinski definition) is 1. The fraction of sp³-hybridized carbons (Fsp3) is 0.529. The molecule has 4 atom stereocenters. The van der Waals surface area contributed by atoms with Gasteiger partial charge in [0.25, 0.3) is 0 Å². The van der Waals surface area contributed by atoms with Gasteiger partial charge in [0.1, 0.15) is 6.04 Å². The molecule has 1 aromatic heterocycles. The van der Waals surface area contributed by atoms with Crippen LogP contribution < -0.4 is 0 Å². The van der Waals surface area contributed by atoms with Crippen molar-refractivity contribution in [1.29, 1.82) is 0 Å². The molecule has 1 aromatic rings. The number of imide groups is 1. The zero-order valence-corrected chi connectivity index (χ0v) is 16.1. The molecule has 1 aliphatic rings. The summed E-state index contributed by atoms with van der Waals surface area (Å²) in [6.07, 6.45) is 0.110. The molecule has 1 aliphatic heterocycles. The fourth-order valence-electron chi connectivity index (χ4n) is 3.41. The van der Waals surface area contributed by atoms with Crippen molar-refractivity contribution in [3.05, 3.63) is 22.4 Å². The van der Waals surface area contributed by atoms with Crippen LogP contribution in [0.15, 0.2) is 16.8 Å². The number of amides is 2. The highest BCUT2D eigenvalue weighted by Gasteiger charge is 2.56. The summed E-state index contributed by atoms with van der Waals surface area (Å²) < 4.78 is -0.660. The molecular formula is C17H22NO5S2+. The maximum Gasteiger partial charge on any atom is 0.521 e. The average Bonchev–Trinajstić information content (AvgIpc) is 3.20. The van der Waals surface area contributed by atoms with E-state index in [1.807, 2.05) is 0 Å². The van der Waals surface area contributed by atoms with E-state index in [-0.39, 0.29) is 23.5 Å². The Morgan fingerprint density at radius 1 is 1.36 bits per heavy atom. The van der Waals surface area contributed by atoms with Gasteiger partial charge in [0.2, 0.25) is 0 Å². The van der Waals surface area contributed by atoms with E-state index in [2.05, 4.69) is 0 Å². The van der Waals surface area contributed by atoms with Crippen LogP contribution in [0, 0.1) is 5.92 Å². The van der Waals surface area contributed by atoms with Gasteiger partial charge in [-0.25, -0.2) is 4.79 Å². The third-order valence-electron chi connectivity index (χ3n) is 4.82. The highest BCUT2D eigenvalue weighted by molar-refractivity contribution is 8.14. The number of carbonyl (C=O) groups is 4. The lowest BCUT2D eigenvalue weighted by molar-refractivity contribution is -0.794. The third kappa shape index (κ3) is 3.70. The van der Waals surface area contributed by atoms with Crippen molar-refractivity contribution in [1.82, 2.24) is 0 Å². The fourth-order valence-corrected chi connectivity index (χ4v) is 4.97. The highest BCUT2D eigenvalue weighted by atomic mass is 32.2. The van der Waals surface area contributed by atoms with Gasteiger partial charge < -0.3 is 5.11 Å². The van der Waals surface area contributed by atoms with Gasteiger partial charge >= 0.3 is 12.0 Å². The summed E-state index contributed by atoms with van der Waals surface area (Å²) in [5.74, 6) is -1.68. The second-order valence-corrected chi connectivity index (χ2v) is 8.50. The number of rotatable bonds is 5. The monoisotopic (exact) mass is 384 g/mol. The molecule has 1 N–H and O–H groups in total. The van der Waals surface area contributed by atoms with E-state index in [9.17, 15) is 24.3 Å². The summed E-state index contributed by atoms with van der Waals surface area (Å²) in [6, 6.07) is 1.31. The first kappa shape index (κ1) is 19.8. The van der Waals surface area contributed by atoms with Crippen LogP contribution in [0.1, 0.15) is 44.0 Å². The van der Waals surface area contributed by atoms with E-state index in [1.54, 1.807) is 30.7 Å². The number of thioether (sulfide) groups is 1. The lowest BCUT2D eigenvalue weighted by Gasteiger charge is -2.33. The van der Waals surface area contributed by atoms with Crippen LogP contribution in [-0.2, 0) is 9.59 Å². The first-order valence-corrected chi connectivity index (χ1v) is 9.93. The van der Waals surface area contributed by atoms with Gasteiger partial charge in [-0.2, -0.15) is 20.6 Å². The Kier molecular flexibility index (Phi) is 6.18. The molecule has 2 amide bonds. The van der Waals surface area contributed by atoms with Gasteiger partial charge in [-0.15, -0.1) is 0 Å². The molecular weight excluding hydrogens is 362 g/mol. The predicted octanol–water partition coefficient (Wildman–Crippen LogP) is 3.42. The quantitative estimate of drug-likeness (QED) is 0.618. The number of likely N-dealkylation sites (tertiary alicyclic amines) is 1. The third-order valence-corrected chi connectivity index (χ3v) is 6.71. The number of ketones is 1. The zero-order valence-electron chi connectivity index (χ0n) is 14.4. The van der Waals surface area contributed by atoms with Crippen molar-refractivity contribution in [3.8, 4) is 0 Å². The number of carbonyl (C=O) groups excluding carboxylic acids is 3. The van der Waals surface area contributed by atoms with Crippen LogP contribution in [-0.4, -0.2) is 50.3 Å². The van der Waals surface area contributed by atoms with Crippen molar-refractivity contribution < 1.29 is 28.8 Å². The van der Waals surface area contributed by atoms with Gasteiger partial charge in [0, 0.05) is 30.7 Å². The topological polar surface area (TPSA) is 88.5 Å². The van der Waals surface area contributed by atoms with Crippen molar-refractivity contribution in [2.24, 2.45) is 5.92 Å². The molecule has 2 heterocycles. The number of Topliss-reactive ketones (excluding diaryl/α,β-unsaturated/α-hetero) is 1. The first-order valence-electron chi connectivity index (χ1n) is 8.11. The Hall–Kier alpha value is -1.51. The molecule has 25 heavy (non-hydrogen) atoms. The molecule has 8 heteroatoms. The number of quaternary nitrogens is 1. The van der Waals surface area contributed by atoms with E-state index >= 15 is 0 Å². The van der Waals surface area contributed by atoms with E-state index in [4.69, 9.17) is 0 Å². The number of carboxylic acid groups (broad SMARTS) is 1. The summed E-state index contributed by atoms with van der Waals surface area (Å²) in [5, 5.41) is 12.0. The summed E-state index contributed by atoms with van der Waals surface area (Å²) in [5.41, 5.74) is 0.444. The SMILES string of the molecule is CC(=O)SC(C(=O)c1ccsc1)C(C)C(=O)[N+]1(C(=O)O)CCC[C@H]1C. The Morgan fingerprint density at radius 2 is 2.04 bits per heavy atom. The van der Waals surface area contributed by atoms with Gasteiger partial charge in [0.15, 0.2) is 10.9 Å². The van der Waals surface area contributed by atoms with Crippen molar-refractivity contribution in [2.75, 3.05) is 6.54 Å². The second kappa shape index (κ2) is 7.80. The normalized spacial score (nSPS) is 25.3. The van der Waals surface area contributed by atoms with Crippen LogP contribution in [0.4, 0.5) is 4.79 Å². The Morgan fingerprint density at radius 3 is 2.48 bits per heavy atom. The second-order valence-electron chi connectivity index (χ2n) is 6.40.